The zero-order valence-electron chi connectivity index (χ0n) is 23.3. The molecule has 232 valence electrons. The molecule has 0 radical (unpaired) electrons. The van der Waals surface area contributed by atoms with E-state index in [9.17, 15) is 9.59 Å². The monoisotopic (exact) mass is 797 g/mol. The van der Waals surface area contributed by atoms with Crippen molar-refractivity contribution < 1.29 is 40.2 Å². The number of hydroxylamine groups is 1. The standard InChI is InChI=1S/C29H35ClN6O4S.CH4.W/c1-4-10-20(6-3)19-39-36-24(32)17-16-23(31)14-7-8-15-25-34-35-29(41-25)33-28(38)27(40-26(37)11-5-2)21-12-9-13-22(30)18-21;;/h4,6,9-10,12-13,16-18,27,31H,1,3,5,7-8,11,14-15,19H2,2H3,(H3,32,33,35,36,38);1H4;/p-1/b17-16-,20-10+,31-23?;;. The van der Waals surface area contributed by atoms with Crippen LogP contribution in [0.5, 0.6) is 0 Å². The number of hydrogen-bond acceptors (Lipinski definition) is 9. The van der Waals surface area contributed by atoms with Crippen LogP contribution in [0.2, 0.25) is 5.02 Å². The SMILES string of the molecule is C.C=C/C=C(\C=C)CO[N-]C(=N)/C=C\C(=N)CCCCc1nnc(NC(=O)C(OC(=O)CCC)c2cccc(Cl)c2)s1.[W]. The van der Waals surface area contributed by atoms with Crippen LogP contribution in [0.1, 0.15) is 63.1 Å². The van der Waals surface area contributed by atoms with E-state index in [1.54, 1.807) is 42.5 Å². The number of aromatic nitrogens is 2. The number of carbonyl (C=O) groups is 2. The molecule has 3 N–H and O–H groups in total. The van der Waals surface area contributed by atoms with Crippen molar-refractivity contribution in [3.8, 4) is 0 Å². The van der Waals surface area contributed by atoms with Gasteiger partial charge in [-0.2, -0.15) is 0 Å². The van der Waals surface area contributed by atoms with Crippen LogP contribution in [0.4, 0.5) is 5.13 Å². The van der Waals surface area contributed by atoms with E-state index in [1.165, 1.54) is 23.5 Å². The Hall–Kier alpha value is -3.24. The van der Waals surface area contributed by atoms with Crippen LogP contribution in [0.15, 0.2) is 73.4 Å². The van der Waals surface area contributed by atoms with Gasteiger partial charge in [0.1, 0.15) is 5.01 Å². The summed E-state index contributed by atoms with van der Waals surface area (Å²) in [4.78, 5) is 30.2. The molecular formula is C30H38ClN6O4SW-. The number of ether oxygens (including phenoxy) is 1. The van der Waals surface area contributed by atoms with Gasteiger partial charge in [0.25, 0.3) is 5.91 Å². The summed E-state index contributed by atoms with van der Waals surface area (Å²) in [5, 5.41) is 28.1. The van der Waals surface area contributed by atoms with Crippen LogP contribution in [0, 0.1) is 10.8 Å². The molecule has 2 rings (SSSR count). The molecule has 0 aliphatic rings. The van der Waals surface area contributed by atoms with Gasteiger partial charge in [0, 0.05) is 50.2 Å². The molecule has 13 heteroatoms. The third-order valence-corrected chi connectivity index (χ3v) is 6.44. The van der Waals surface area contributed by atoms with E-state index in [2.05, 4.69) is 34.2 Å². The van der Waals surface area contributed by atoms with E-state index in [4.69, 9.17) is 32.0 Å². The smallest absolute Gasteiger partial charge is 0.306 e. The second kappa shape index (κ2) is 22.3. The first kappa shape index (κ1) is 39.8. The third-order valence-electron chi connectivity index (χ3n) is 5.31. The number of rotatable bonds is 18. The Morgan fingerprint density at radius 3 is 2.63 bits per heavy atom. The number of amides is 1. The molecule has 0 saturated heterocycles. The van der Waals surface area contributed by atoms with Crippen molar-refractivity contribution in [1.82, 2.24) is 10.2 Å². The van der Waals surface area contributed by atoms with Crippen LogP contribution in [-0.2, 0) is 46.6 Å². The van der Waals surface area contributed by atoms with Crippen molar-refractivity contribution in [2.24, 2.45) is 0 Å². The van der Waals surface area contributed by atoms with Gasteiger partial charge in [0.2, 0.25) is 11.2 Å². The number of anilines is 1. The maximum Gasteiger partial charge on any atom is 0.306 e. The maximum atomic E-state index is 13.0. The van der Waals surface area contributed by atoms with E-state index in [0.29, 0.717) is 40.7 Å². The maximum absolute atomic E-state index is 13.0. The number of carbonyl (C=O) groups excluding carboxylic acids is 2. The Morgan fingerprint density at radius 2 is 1.95 bits per heavy atom. The average Bonchev–Trinajstić information content (AvgIpc) is 3.39. The first-order valence-corrected chi connectivity index (χ1v) is 14.1. The molecule has 0 fully saturated rings. The summed E-state index contributed by atoms with van der Waals surface area (Å²) in [6.07, 6.45) is 10.1. The van der Waals surface area contributed by atoms with Gasteiger partial charge in [-0.25, -0.2) is 0 Å². The van der Waals surface area contributed by atoms with Crippen molar-refractivity contribution in [2.75, 3.05) is 11.9 Å². The topological polar surface area (TPSA) is 152 Å². The van der Waals surface area contributed by atoms with E-state index in [-0.39, 0.29) is 47.4 Å². The van der Waals surface area contributed by atoms with Crippen molar-refractivity contribution in [1.29, 1.82) is 10.8 Å². The number of halogens is 1. The summed E-state index contributed by atoms with van der Waals surface area (Å²) >= 11 is 7.31. The predicted octanol–water partition coefficient (Wildman–Crippen LogP) is 7.72. The molecule has 1 aromatic heterocycles. The second-order valence-electron chi connectivity index (χ2n) is 8.66. The molecule has 1 atom stereocenters. The van der Waals surface area contributed by atoms with Crippen molar-refractivity contribution in [2.45, 2.75) is 59.0 Å². The minimum Gasteiger partial charge on any atom is -0.481 e. The van der Waals surface area contributed by atoms with E-state index in [0.717, 1.165) is 23.4 Å². The van der Waals surface area contributed by atoms with Crippen molar-refractivity contribution in [3.05, 3.63) is 94.5 Å². The van der Waals surface area contributed by atoms with Gasteiger partial charge in [-0.3, -0.25) is 14.9 Å². The molecule has 10 nitrogen and oxygen atoms in total. The van der Waals surface area contributed by atoms with Crippen molar-refractivity contribution >= 4 is 51.5 Å². The number of nitrogens with zero attached hydrogens (tertiary/aromatic N) is 3. The normalized spacial score (nSPS) is 11.4. The molecule has 1 aromatic carbocycles. The van der Waals surface area contributed by atoms with Crippen LogP contribution in [0.25, 0.3) is 5.48 Å². The molecule has 0 bridgehead atoms. The van der Waals surface area contributed by atoms with Crippen LogP contribution >= 0.6 is 22.9 Å². The molecule has 0 saturated carbocycles. The van der Waals surface area contributed by atoms with Gasteiger partial charge in [-0.1, -0.05) is 86.9 Å². The number of allylic oxidation sites excluding steroid dienone is 3. The van der Waals surface area contributed by atoms with E-state index in [1.807, 2.05) is 6.92 Å². The zero-order chi connectivity index (χ0) is 30.0. The summed E-state index contributed by atoms with van der Waals surface area (Å²) in [5.74, 6) is -1.13. The first-order valence-electron chi connectivity index (χ1n) is 12.9. The Kier molecular flexibility index (Phi) is 20.6. The zero-order valence-corrected chi connectivity index (χ0v) is 27.8. The van der Waals surface area contributed by atoms with Crippen LogP contribution in [0.3, 0.4) is 0 Å². The van der Waals surface area contributed by atoms with Crippen LogP contribution < -0.4 is 5.32 Å². The van der Waals surface area contributed by atoms with Crippen LogP contribution in [-0.4, -0.2) is 40.2 Å². The first-order chi connectivity index (χ1) is 19.7. The molecule has 43 heavy (non-hydrogen) atoms. The number of benzene rings is 1. The number of nitrogens with one attached hydrogen (secondary N) is 3. The number of unbranched alkanes of at least 4 members (excludes halogenated alkanes) is 1. The number of hydrogen-bond donors (Lipinski definition) is 3. The third kappa shape index (κ3) is 15.7. The second-order valence-corrected chi connectivity index (χ2v) is 10.2. The number of esters is 1. The Morgan fingerprint density at radius 1 is 1.19 bits per heavy atom. The Balaban J connectivity index is 0.00000882. The minimum atomic E-state index is -1.17. The molecule has 0 aliphatic heterocycles. The minimum absolute atomic E-state index is 0. The summed E-state index contributed by atoms with van der Waals surface area (Å²) in [6.45, 7) is 9.29. The average molecular weight is 798 g/mol. The van der Waals surface area contributed by atoms with Gasteiger partial charge in [-0.05, 0) is 55.3 Å². The molecule has 1 heterocycles. The Labute approximate surface area is 276 Å². The van der Waals surface area contributed by atoms with Gasteiger partial charge in [0.05, 0.1) is 6.61 Å². The van der Waals surface area contributed by atoms with Gasteiger partial charge in [-0.15, -0.1) is 10.2 Å². The Bertz CT molecular complexity index is 1300. The predicted molar refractivity (Wildman–Crippen MR) is 170 cm³/mol. The number of aryl methyl sites for hydroxylation is 1. The number of amidine groups is 1. The summed E-state index contributed by atoms with van der Waals surface area (Å²) in [7, 11) is 0. The molecule has 0 spiro atoms. The van der Waals surface area contributed by atoms with E-state index < -0.39 is 18.0 Å². The fourth-order valence-electron chi connectivity index (χ4n) is 3.30. The molecule has 0 aliphatic carbocycles. The summed E-state index contributed by atoms with van der Waals surface area (Å²) < 4.78 is 5.44. The molecule has 2 aromatic rings. The summed E-state index contributed by atoms with van der Waals surface area (Å²) in [5.41, 5.74) is 5.28. The quantitative estimate of drug-likeness (QED) is 0.0351. The molecular weight excluding hydrogens is 760 g/mol. The molecule has 1 amide bonds. The van der Waals surface area contributed by atoms with Gasteiger partial charge >= 0.3 is 5.97 Å². The van der Waals surface area contributed by atoms with Gasteiger partial charge in [0.15, 0.2) is 0 Å². The fourth-order valence-corrected chi connectivity index (χ4v) is 4.28. The van der Waals surface area contributed by atoms with Gasteiger partial charge < -0.3 is 25.9 Å². The van der Waals surface area contributed by atoms with Crippen molar-refractivity contribution in [3.63, 3.8) is 0 Å². The summed E-state index contributed by atoms with van der Waals surface area (Å²) in [6, 6.07) is 6.60. The van der Waals surface area contributed by atoms with E-state index >= 15 is 0 Å². The fraction of sp³-hybridized carbons (Fsp3) is 0.333. The molecule has 1 unspecified atom stereocenters. The largest absolute Gasteiger partial charge is 0.481 e.